The van der Waals surface area contributed by atoms with Gasteiger partial charge in [-0.15, -0.1) is 0 Å². The van der Waals surface area contributed by atoms with Gasteiger partial charge in [0.05, 0.1) is 5.69 Å². The quantitative estimate of drug-likeness (QED) is 0.737. The number of rotatable bonds is 1. The largest absolute Gasteiger partial charge is 0.505 e. The minimum absolute atomic E-state index is 0.465. The number of anilines is 1. The van der Waals surface area contributed by atoms with Gasteiger partial charge in [-0.25, -0.2) is 0 Å². The van der Waals surface area contributed by atoms with Crippen LogP contribution >= 0.6 is 0 Å². The fourth-order valence-corrected chi connectivity index (χ4v) is 2.00. The first-order chi connectivity index (χ1) is 6.70. The van der Waals surface area contributed by atoms with E-state index in [1.165, 1.54) is 12.8 Å². The Bertz CT molecular complexity index is 340. The van der Waals surface area contributed by atoms with Crippen molar-refractivity contribution < 1.29 is 5.11 Å². The van der Waals surface area contributed by atoms with E-state index in [4.69, 9.17) is 0 Å². The summed E-state index contributed by atoms with van der Waals surface area (Å²) in [5.41, 5.74) is 3.17. The van der Waals surface area contributed by atoms with Crippen molar-refractivity contribution >= 4 is 5.69 Å². The molecule has 0 unspecified atom stereocenters. The first-order valence-electron chi connectivity index (χ1n) is 5.24. The van der Waals surface area contributed by atoms with Crippen molar-refractivity contribution in [3.63, 3.8) is 0 Å². The third-order valence-electron chi connectivity index (χ3n) is 3.13. The molecule has 0 aliphatic carbocycles. The molecule has 1 heterocycles. The van der Waals surface area contributed by atoms with E-state index in [-0.39, 0.29) is 0 Å². The van der Waals surface area contributed by atoms with Crippen LogP contribution in [0.25, 0.3) is 0 Å². The van der Waals surface area contributed by atoms with Gasteiger partial charge in [0.15, 0.2) is 0 Å². The fourth-order valence-electron chi connectivity index (χ4n) is 2.00. The summed E-state index contributed by atoms with van der Waals surface area (Å²) in [5.74, 6) is 0.465. The highest BCUT2D eigenvalue weighted by Crippen LogP contribution is 2.34. The Morgan fingerprint density at radius 1 is 1.14 bits per heavy atom. The Kier molecular flexibility index (Phi) is 2.36. The second-order valence-corrected chi connectivity index (χ2v) is 4.07. The van der Waals surface area contributed by atoms with Gasteiger partial charge < -0.3 is 10.0 Å². The summed E-state index contributed by atoms with van der Waals surface area (Å²) in [6.45, 7) is 6.17. The summed E-state index contributed by atoms with van der Waals surface area (Å²) in [5, 5.41) is 10.00. The molecule has 2 heteroatoms. The van der Waals surface area contributed by atoms with Crippen molar-refractivity contribution in [2.75, 3.05) is 18.0 Å². The van der Waals surface area contributed by atoms with Crippen molar-refractivity contribution in [3.05, 3.63) is 23.3 Å². The molecule has 0 saturated carbocycles. The van der Waals surface area contributed by atoms with Crippen molar-refractivity contribution in [2.24, 2.45) is 0 Å². The zero-order valence-corrected chi connectivity index (χ0v) is 8.88. The Balaban J connectivity index is 2.38. The Morgan fingerprint density at radius 2 is 1.79 bits per heavy atom. The van der Waals surface area contributed by atoms with Gasteiger partial charge in [0.25, 0.3) is 0 Å². The van der Waals surface area contributed by atoms with Crippen molar-refractivity contribution in [3.8, 4) is 5.75 Å². The predicted molar refractivity (Wildman–Crippen MR) is 59.0 cm³/mol. The van der Waals surface area contributed by atoms with Gasteiger partial charge in [-0.3, -0.25) is 0 Å². The van der Waals surface area contributed by atoms with Crippen LogP contribution in [0.4, 0.5) is 5.69 Å². The number of phenols is 1. The standard InChI is InChI=1S/C12H17NO/c1-9-5-6-11(12(14)10(9)2)13-7-3-4-8-13/h5-6,14H,3-4,7-8H2,1-2H3. The van der Waals surface area contributed by atoms with E-state index >= 15 is 0 Å². The van der Waals surface area contributed by atoms with Gasteiger partial charge >= 0.3 is 0 Å². The molecule has 2 nitrogen and oxygen atoms in total. The number of aromatic hydroxyl groups is 1. The summed E-state index contributed by atoms with van der Waals surface area (Å²) in [6, 6.07) is 4.12. The van der Waals surface area contributed by atoms with Crippen LogP contribution in [0.2, 0.25) is 0 Å². The Labute approximate surface area is 85.2 Å². The third kappa shape index (κ3) is 1.45. The van der Waals surface area contributed by atoms with E-state index in [1.807, 2.05) is 19.9 Å². The lowest BCUT2D eigenvalue weighted by atomic mass is 10.1. The van der Waals surface area contributed by atoms with Crippen LogP contribution < -0.4 is 4.90 Å². The van der Waals surface area contributed by atoms with Crippen LogP contribution in [0.1, 0.15) is 24.0 Å². The summed E-state index contributed by atoms with van der Waals surface area (Å²) in [6.07, 6.45) is 2.48. The molecule has 14 heavy (non-hydrogen) atoms. The lowest BCUT2D eigenvalue weighted by Gasteiger charge is -2.20. The average Bonchev–Trinajstić information content (AvgIpc) is 2.67. The molecule has 1 N–H and O–H groups in total. The first-order valence-corrected chi connectivity index (χ1v) is 5.24. The summed E-state index contributed by atoms with van der Waals surface area (Å²) in [7, 11) is 0. The second-order valence-electron chi connectivity index (χ2n) is 4.07. The van der Waals surface area contributed by atoms with E-state index in [1.54, 1.807) is 0 Å². The minimum Gasteiger partial charge on any atom is -0.505 e. The highest BCUT2D eigenvalue weighted by molar-refractivity contribution is 5.63. The molecule has 76 valence electrons. The molecule has 2 rings (SSSR count). The fraction of sp³-hybridized carbons (Fsp3) is 0.500. The molecule has 1 aromatic carbocycles. The van der Waals surface area contributed by atoms with Crippen LogP contribution in [-0.4, -0.2) is 18.2 Å². The molecule has 0 atom stereocenters. The highest BCUT2D eigenvalue weighted by atomic mass is 16.3. The third-order valence-corrected chi connectivity index (χ3v) is 3.13. The summed E-state index contributed by atoms with van der Waals surface area (Å²) >= 11 is 0. The average molecular weight is 191 g/mol. The molecule has 0 amide bonds. The maximum absolute atomic E-state index is 10.00. The first kappa shape index (κ1) is 9.38. The monoisotopic (exact) mass is 191 g/mol. The number of hydrogen-bond acceptors (Lipinski definition) is 2. The van der Waals surface area contributed by atoms with Crippen LogP contribution in [0.15, 0.2) is 12.1 Å². The van der Waals surface area contributed by atoms with Crippen LogP contribution in [0, 0.1) is 13.8 Å². The zero-order valence-electron chi connectivity index (χ0n) is 8.88. The lowest BCUT2D eigenvalue weighted by molar-refractivity contribution is 0.470. The van der Waals surface area contributed by atoms with Gasteiger partial charge in [-0.05, 0) is 43.9 Å². The molecule has 0 radical (unpaired) electrons. The minimum atomic E-state index is 0.465. The summed E-state index contributed by atoms with van der Waals surface area (Å²) in [4.78, 5) is 2.27. The number of benzene rings is 1. The van der Waals surface area contributed by atoms with Crippen molar-refractivity contribution in [1.82, 2.24) is 0 Å². The molecule has 0 spiro atoms. The lowest BCUT2D eigenvalue weighted by Crippen LogP contribution is -2.17. The van der Waals surface area contributed by atoms with Crippen LogP contribution in [0.3, 0.4) is 0 Å². The molecule has 1 fully saturated rings. The SMILES string of the molecule is Cc1ccc(N2CCCC2)c(O)c1C. The molecule has 1 aromatic rings. The smallest absolute Gasteiger partial charge is 0.142 e. The molecule has 0 aromatic heterocycles. The van der Waals surface area contributed by atoms with E-state index in [9.17, 15) is 5.11 Å². The number of phenolic OH excluding ortho intramolecular Hbond substituents is 1. The van der Waals surface area contributed by atoms with Crippen LogP contribution in [0.5, 0.6) is 5.75 Å². The van der Waals surface area contributed by atoms with Gasteiger partial charge in [-0.2, -0.15) is 0 Å². The maximum atomic E-state index is 10.00. The molecule has 1 saturated heterocycles. The Morgan fingerprint density at radius 3 is 2.43 bits per heavy atom. The molecular formula is C12H17NO. The Hall–Kier alpha value is -1.18. The number of hydrogen-bond donors (Lipinski definition) is 1. The molecule has 0 bridgehead atoms. The maximum Gasteiger partial charge on any atom is 0.142 e. The molecule has 1 aliphatic rings. The van der Waals surface area contributed by atoms with Gasteiger partial charge in [0, 0.05) is 13.1 Å². The van der Waals surface area contributed by atoms with Crippen molar-refractivity contribution in [1.29, 1.82) is 0 Å². The normalized spacial score (nSPS) is 16.3. The predicted octanol–water partition coefficient (Wildman–Crippen LogP) is 2.61. The summed E-state index contributed by atoms with van der Waals surface area (Å²) < 4.78 is 0. The number of nitrogens with zero attached hydrogens (tertiary/aromatic N) is 1. The second kappa shape index (κ2) is 3.52. The van der Waals surface area contributed by atoms with E-state index in [0.29, 0.717) is 5.75 Å². The van der Waals surface area contributed by atoms with Crippen LogP contribution in [-0.2, 0) is 0 Å². The topological polar surface area (TPSA) is 23.5 Å². The van der Waals surface area contributed by atoms with E-state index in [0.717, 1.165) is 29.9 Å². The van der Waals surface area contributed by atoms with E-state index < -0.39 is 0 Å². The zero-order chi connectivity index (χ0) is 10.1. The highest BCUT2D eigenvalue weighted by Gasteiger charge is 2.16. The van der Waals surface area contributed by atoms with Gasteiger partial charge in [-0.1, -0.05) is 6.07 Å². The van der Waals surface area contributed by atoms with Gasteiger partial charge in [0.1, 0.15) is 5.75 Å². The molecular weight excluding hydrogens is 174 g/mol. The van der Waals surface area contributed by atoms with E-state index in [2.05, 4.69) is 11.0 Å². The van der Waals surface area contributed by atoms with Crippen molar-refractivity contribution in [2.45, 2.75) is 26.7 Å². The molecule has 1 aliphatic heterocycles. The number of aryl methyl sites for hydroxylation is 1. The van der Waals surface area contributed by atoms with Gasteiger partial charge in [0.2, 0.25) is 0 Å².